The van der Waals surface area contributed by atoms with Gasteiger partial charge in [0.2, 0.25) is 5.91 Å². The van der Waals surface area contributed by atoms with E-state index in [0.29, 0.717) is 77.3 Å². The second-order valence-corrected chi connectivity index (χ2v) is 10.3. The van der Waals surface area contributed by atoms with E-state index in [1.54, 1.807) is 12.3 Å². The molecule has 2 aromatic heterocycles. The Morgan fingerprint density at radius 1 is 1.02 bits per heavy atom. The van der Waals surface area contributed by atoms with E-state index in [9.17, 15) is 4.79 Å². The SMILES string of the molecule is C=CC(=O)N[C@H]1CCOC[C@H]1Nc1cc2c(NC3CCOC3)nc(-c3c(Cl)c(OC)cc(OC)c3Cl)cc2cn1. The van der Waals surface area contributed by atoms with E-state index < -0.39 is 0 Å². The van der Waals surface area contributed by atoms with Crippen LogP contribution in [0.15, 0.2) is 37.1 Å². The molecule has 5 rings (SSSR count). The fourth-order valence-corrected chi connectivity index (χ4v) is 5.59. The van der Waals surface area contributed by atoms with Gasteiger partial charge in [0.15, 0.2) is 0 Å². The molecule has 0 saturated carbocycles. The fraction of sp³-hybridized carbons (Fsp3) is 0.393. The molecular weight excluding hydrogens is 557 g/mol. The van der Waals surface area contributed by atoms with Crippen LogP contribution in [0.1, 0.15) is 12.8 Å². The zero-order chi connectivity index (χ0) is 28.2. The third-order valence-corrected chi connectivity index (χ3v) is 7.77. The van der Waals surface area contributed by atoms with Crippen molar-refractivity contribution < 1.29 is 23.7 Å². The van der Waals surface area contributed by atoms with E-state index in [0.717, 1.165) is 17.2 Å². The van der Waals surface area contributed by atoms with Crippen LogP contribution in [-0.4, -0.2) is 74.6 Å². The lowest BCUT2D eigenvalue weighted by Gasteiger charge is -2.32. The van der Waals surface area contributed by atoms with Crippen molar-refractivity contribution in [1.82, 2.24) is 15.3 Å². The zero-order valence-electron chi connectivity index (χ0n) is 22.3. The highest BCUT2D eigenvalue weighted by Crippen LogP contribution is 2.46. The van der Waals surface area contributed by atoms with Gasteiger partial charge in [-0.05, 0) is 31.1 Å². The molecule has 1 unspecified atom stereocenters. The van der Waals surface area contributed by atoms with Crippen LogP contribution in [0.25, 0.3) is 22.0 Å². The Balaban J connectivity index is 1.56. The standard InChI is InChI=1S/C28H31Cl2N5O5/c1-4-24(36)34-18-6-8-40-14-20(18)33-23-10-17-15(12-31-23)9-19(35-28(17)32-16-5-7-39-13-16)25-26(29)21(37-2)11-22(38-3)27(25)30/h4,9-12,16,18,20H,1,5-8,13-14H2,2-3H3,(H,31,33)(H,32,35)(H,34,36)/t16?,18-,20+/m0/s1. The number of hydrogen-bond donors (Lipinski definition) is 3. The van der Waals surface area contributed by atoms with Gasteiger partial charge >= 0.3 is 0 Å². The Kier molecular flexibility index (Phi) is 8.80. The summed E-state index contributed by atoms with van der Waals surface area (Å²) in [6, 6.07) is 5.25. The molecule has 2 aliphatic heterocycles. The lowest BCUT2D eigenvalue weighted by molar-refractivity contribution is -0.117. The molecule has 40 heavy (non-hydrogen) atoms. The largest absolute Gasteiger partial charge is 0.495 e. The topological polar surface area (TPSA) is 116 Å². The number of halogens is 2. The Morgan fingerprint density at radius 3 is 2.42 bits per heavy atom. The van der Waals surface area contributed by atoms with Crippen molar-refractivity contribution in [3.8, 4) is 22.8 Å². The first-order chi connectivity index (χ1) is 19.4. The molecule has 1 aromatic carbocycles. The average molecular weight is 588 g/mol. The first-order valence-corrected chi connectivity index (χ1v) is 13.7. The van der Waals surface area contributed by atoms with Crippen molar-refractivity contribution in [2.75, 3.05) is 51.3 Å². The van der Waals surface area contributed by atoms with Gasteiger partial charge in [-0.1, -0.05) is 29.8 Å². The van der Waals surface area contributed by atoms with Gasteiger partial charge in [-0.2, -0.15) is 0 Å². The third kappa shape index (κ3) is 5.90. The number of methoxy groups -OCH3 is 2. The van der Waals surface area contributed by atoms with Crippen LogP contribution in [0, 0.1) is 0 Å². The molecule has 10 nitrogen and oxygen atoms in total. The number of anilines is 2. The number of rotatable bonds is 9. The minimum absolute atomic E-state index is 0.0894. The van der Waals surface area contributed by atoms with Crippen molar-refractivity contribution in [2.24, 2.45) is 0 Å². The Morgan fingerprint density at radius 2 is 1.75 bits per heavy atom. The van der Waals surface area contributed by atoms with Crippen LogP contribution >= 0.6 is 23.2 Å². The van der Waals surface area contributed by atoms with E-state index in [1.165, 1.54) is 20.3 Å². The van der Waals surface area contributed by atoms with E-state index in [1.807, 2.05) is 12.1 Å². The van der Waals surface area contributed by atoms with Crippen molar-refractivity contribution in [2.45, 2.75) is 31.0 Å². The predicted octanol–water partition coefficient (Wildman–Crippen LogP) is 4.69. The molecule has 12 heteroatoms. The summed E-state index contributed by atoms with van der Waals surface area (Å²) in [6.07, 6.45) is 4.56. The smallest absolute Gasteiger partial charge is 0.243 e. The molecule has 3 aromatic rings. The maximum absolute atomic E-state index is 12.0. The van der Waals surface area contributed by atoms with Gasteiger partial charge in [0.25, 0.3) is 0 Å². The van der Waals surface area contributed by atoms with E-state index in [4.69, 9.17) is 47.1 Å². The third-order valence-electron chi connectivity index (χ3n) is 7.02. The molecule has 3 atom stereocenters. The van der Waals surface area contributed by atoms with Crippen LogP contribution in [0.3, 0.4) is 0 Å². The summed E-state index contributed by atoms with van der Waals surface area (Å²) < 4.78 is 22.2. The van der Waals surface area contributed by atoms with Gasteiger partial charge in [0.1, 0.15) is 23.1 Å². The van der Waals surface area contributed by atoms with Crippen LogP contribution in [0.4, 0.5) is 11.6 Å². The van der Waals surface area contributed by atoms with E-state index in [2.05, 4.69) is 27.5 Å². The fourth-order valence-electron chi connectivity index (χ4n) is 4.90. The summed E-state index contributed by atoms with van der Waals surface area (Å²) in [5.41, 5.74) is 1.03. The Labute approximate surface area is 242 Å². The highest BCUT2D eigenvalue weighted by molar-refractivity contribution is 6.41. The number of ether oxygens (including phenoxy) is 4. The molecule has 0 radical (unpaired) electrons. The van der Waals surface area contributed by atoms with Gasteiger partial charge in [-0.3, -0.25) is 4.79 Å². The number of nitrogens with one attached hydrogen (secondary N) is 3. The highest BCUT2D eigenvalue weighted by atomic mass is 35.5. The van der Waals surface area contributed by atoms with Crippen LogP contribution in [0.5, 0.6) is 11.5 Å². The molecule has 212 valence electrons. The molecule has 2 aliphatic rings. The van der Waals surface area contributed by atoms with Gasteiger partial charge in [0, 0.05) is 41.8 Å². The normalized spacial score (nSPS) is 20.6. The molecular formula is C28H31Cl2N5O5. The van der Waals surface area contributed by atoms with Crippen LogP contribution in [-0.2, 0) is 14.3 Å². The first-order valence-electron chi connectivity index (χ1n) is 12.9. The lowest BCUT2D eigenvalue weighted by atomic mass is 10.0. The first kappa shape index (κ1) is 28.2. The Hall–Kier alpha value is -3.31. The maximum atomic E-state index is 12.0. The molecule has 0 aliphatic carbocycles. The van der Waals surface area contributed by atoms with Gasteiger partial charge in [0.05, 0.1) is 61.3 Å². The molecule has 2 saturated heterocycles. The van der Waals surface area contributed by atoms with Crippen molar-refractivity contribution in [3.05, 3.63) is 47.1 Å². The van der Waals surface area contributed by atoms with Gasteiger partial charge in [-0.15, -0.1) is 0 Å². The number of carbonyl (C=O) groups excluding carboxylic acids is 1. The monoisotopic (exact) mass is 587 g/mol. The Bertz CT molecular complexity index is 1390. The number of fused-ring (bicyclic) bond motifs is 1. The van der Waals surface area contributed by atoms with Crippen LogP contribution in [0.2, 0.25) is 10.0 Å². The number of hydrogen-bond acceptors (Lipinski definition) is 9. The summed E-state index contributed by atoms with van der Waals surface area (Å²) in [7, 11) is 3.06. The minimum atomic E-state index is -0.223. The molecule has 0 spiro atoms. The number of amides is 1. The quantitative estimate of drug-likeness (QED) is 0.306. The second-order valence-electron chi connectivity index (χ2n) is 9.57. The van der Waals surface area contributed by atoms with Crippen molar-refractivity contribution in [3.63, 3.8) is 0 Å². The predicted molar refractivity (Wildman–Crippen MR) is 156 cm³/mol. The molecule has 1 amide bonds. The second kappa shape index (κ2) is 12.5. The van der Waals surface area contributed by atoms with Crippen molar-refractivity contribution in [1.29, 1.82) is 0 Å². The number of carbonyl (C=O) groups is 1. The number of benzene rings is 1. The molecule has 2 fully saturated rings. The zero-order valence-corrected chi connectivity index (χ0v) is 23.8. The van der Waals surface area contributed by atoms with Crippen molar-refractivity contribution >= 4 is 51.5 Å². The number of pyridine rings is 2. The summed E-state index contributed by atoms with van der Waals surface area (Å²) in [5, 5.41) is 12.3. The number of nitrogens with zero attached hydrogens (tertiary/aromatic N) is 2. The van der Waals surface area contributed by atoms with E-state index in [-0.39, 0.29) is 24.0 Å². The summed E-state index contributed by atoms with van der Waals surface area (Å²) in [6.45, 7) is 5.79. The highest BCUT2D eigenvalue weighted by Gasteiger charge is 2.28. The summed E-state index contributed by atoms with van der Waals surface area (Å²) in [4.78, 5) is 21.6. The number of aromatic nitrogens is 2. The molecule has 0 bridgehead atoms. The molecule has 3 N–H and O–H groups in total. The van der Waals surface area contributed by atoms with Gasteiger partial charge in [-0.25, -0.2) is 9.97 Å². The molecule has 4 heterocycles. The summed E-state index contributed by atoms with van der Waals surface area (Å²) >= 11 is 13.5. The average Bonchev–Trinajstić information content (AvgIpc) is 3.47. The lowest BCUT2D eigenvalue weighted by Crippen LogP contribution is -2.52. The maximum Gasteiger partial charge on any atom is 0.243 e. The van der Waals surface area contributed by atoms with Crippen LogP contribution < -0.4 is 25.4 Å². The minimum Gasteiger partial charge on any atom is -0.495 e. The summed E-state index contributed by atoms with van der Waals surface area (Å²) in [5.74, 6) is 1.88. The van der Waals surface area contributed by atoms with Gasteiger partial charge < -0.3 is 34.9 Å². The van der Waals surface area contributed by atoms with E-state index >= 15 is 0 Å².